The van der Waals surface area contributed by atoms with Crippen LogP contribution in [0.25, 0.3) is 0 Å². The van der Waals surface area contributed by atoms with Crippen molar-refractivity contribution in [3.05, 3.63) is 53.6 Å². The van der Waals surface area contributed by atoms with Crippen LogP contribution in [0.1, 0.15) is 24.2 Å². The van der Waals surface area contributed by atoms with Gasteiger partial charge in [-0.25, -0.2) is 13.6 Å². The number of halogens is 2. The number of anilines is 3. The molecular weight excluding hydrogens is 366 g/mol. The van der Waals surface area contributed by atoms with E-state index >= 15 is 0 Å². The summed E-state index contributed by atoms with van der Waals surface area (Å²) in [7, 11) is 3.62. The maximum absolute atomic E-state index is 13.7. The number of hydrogen-bond acceptors (Lipinski definition) is 3. The fraction of sp³-hybridized carbons (Fsp3) is 0.300. The molecule has 0 saturated carbocycles. The molecule has 3 N–H and O–H groups in total. The van der Waals surface area contributed by atoms with Crippen molar-refractivity contribution in [3.8, 4) is 0 Å². The molecule has 6 nitrogen and oxygen atoms in total. The average molecular weight is 390 g/mol. The number of carbonyl (C=O) groups excluding carboxylic acids is 2. The van der Waals surface area contributed by atoms with E-state index in [1.807, 2.05) is 27.9 Å². The third-order valence-electron chi connectivity index (χ3n) is 3.83. The van der Waals surface area contributed by atoms with Gasteiger partial charge >= 0.3 is 6.03 Å². The molecule has 2 aromatic rings. The van der Waals surface area contributed by atoms with Gasteiger partial charge in [0.25, 0.3) is 5.91 Å². The largest absolute Gasteiger partial charge is 0.377 e. The predicted octanol–water partition coefficient (Wildman–Crippen LogP) is 4.06. The van der Waals surface area contributed by atoms with E-state index < -0.39 is 17.7 Å². The molecule has 2 rings (SSSR count). The minimum absolute atomic E-state index is 0.154. The van der Waals surface area contributed by atoms with Crippen LogP contribution in [-0.4, -0.2) is 32.6 Å². The minimum atomic E-state index is -0.883. The summed E-state index contributed by atoms with van der Waals surface area (Å²) >= 11 is 0. The molecule has 0 aliphatic carbocycles. The van der Waals surface area contributed by atoms with Gasteiger partial charge in [0.2, 0.25) is 0 Å². The van der Waals surface area contributed by atoms with Crippen molar-refractivity contribution in [2.45, 2.75) is 13.8 Å². The Morgan fingerprint density at radius 1 is 1.04 bits per heavy atom. The van der Waals surface area contributed by atoms with E-state index in [4.69, 9.17) is 0 Å². The smallest absolute Gasteiger partial charge is 0.323 e. The number of carbonyl (C=O) groups is 2. The molecule has 28 heavy (non-hydrogen) atoms. The molecule has 0 saturated heterocycles. The molecule has 0 bridgehead atoms. The Morgan fingerprint density at radius 3 is 2.36 bits per heavy atom. The Balaban J connectivity index is 2.17. The summed E-state index contributed by atoms with van der Waals surface area (Å²) in [6, 6.07) is 7.03. The van der Waals surface area contributed by atoms with Crippen molar-refractivity contribution in [2.24, 2.45) is 5.92 Å². The summed E-state index contributed by atoms with van der Waals surface area (Å²) in [6.45, 7) is 4.50. The monoisotopic (exact) mass is 390 g/mol. The zero-order chi connectivity index (χ0) is 20.8. The van der Waals surface area contributed by atoms with Gasteiger partial charge in [0.1, 0.15) is 11.6 Å². The van der Waals surface area contributed by atoms with Gasteiger partial charge < -0.3 is 20.9 Å². The molecule has 0 unspecified atom stereocenters. The second kappa shape index (κ2) is 9.16. The summed E-state index contributed by atoms with van der Waals surface area (Å²) in [4.78, 5) is 26.5. The van der Waals surface area contributed by atoms with Crippen LogP contribution < -0.4 is 20.9 Å². The van der Waals surface area contributed by atoms with Crippen LogP contribution in [0.5, 0.6) is 0 Å². The lowest BCUT2D eigenvalue weighted by Crippen LogP contribution is -2.29. The lowest BCUT2D eigenvalue weighted by atomic mass is 10.1. The highest BCUT2D eigenvalue weighted by atomic mass is 19.1. The first kappa shape index (κ1) is 21.1. The maximum atomic E-state index is 13.7. The average Bonchev–Trinajstić information content (AvgIpc) is 2.61. The van der Waals surface area contributed by atoms with E-state index in [1.165, 1.54) is 0 Å². The van der Waals surface area contributed by atoms with E-state index in [0.29, 0.717) is 35.5 Å². The normalized spacial score (nSPS) is 10.5. The van der Waals surface area contributed by atoms with Gasteiger partial charge in [-0.15, -0.1) is 0 Å². The van der Waals surface area contributed by atoms with Gasteiger partial charge in [-0.05, 0) is 36.2 Å². The van der Waals surface area contributed by atoms with E-state index in [-0.39, 0.29) is 11.6 Å². The highest BCUT2D eigenvalue weighted by molar-refractivity contribution is 6.04. The van der Waals surface area contributed by atoms with Crippen LogP contribution in [0.15, 0.2) is 36.4 Å². The first-order valence-corrected chi connectivity index (χ1v) is 8.80. The molecule has 0 radical (unpaired) electrons. The first-order chi connectivity index (χ1) is 13.2. The van der Waals surface area contributed by atoms with Gasteiger partial charge in [0.15, 0.2) is 0 Å². The fourth-order valence-electron chi connectivity index (χ4n) is 2.45. The number of amides is 3. The number of urea groups is 1. The van der Waals surface area contributed by atoms with E-state index in [9.17, 15) is 18.4 Å². The molecule has 0 spiro atoms. The Kier molecular flexibility index (Phi) is 6.92. The van der Waals surface area contributed by atoms with Gasteiger partial charge in [-0.2, -0.15) is 0 Å². The topological polar surface area (TPSA) is 73.5 Å². The SMILES string of the molecule is CC(C)CNC(=O)c1cc(NC(=O)Nc2ccc(F)cc2F)ccc1N(C)C. The molecule has 8 heteroatoms. The molecule has 150 valence electrons. The highest BCUT2D eigenvalue weighted by Gasteiger charge is 2.15. The number of benzene rings is 2. The third kappa shape index (κ3) is 5.67. The van der Waals surface area contributed by atoms with Crippen LogP contribution in [0.4, 0.5) is 30.6 Å². The number of nitrogens with one attached hydrogen (secondary N) is 3. The molecule has 0 aromatic heterocycles. The Labute approximate surface area is 162 Å². The molecule has 0 atom stereocenters. The lowest BCUT2D eigenvalue weighted by Gasteiger charge is -2.19. The predicted molar refractivity (Wildman–Crippen MR) is 107 cm³/mol. The standard InChI is InChI=1S/C20H24F2N4O2/c1-12(2)11-23-19(27)15-10-14(6-8-18(15)26(3)4)24-20(28)25-17-7-5-13(21)9-16(17)22/h5-10,12H,11H2,1-4H3,(H,23,27)(H2,24,25,28). The van der Waals surface area contributed by atoms with E-state index in [2.05, 4.69) is 16.0 Å². The summed E-state index contributed by atoms with van der Waals surface area (Å²) in [5.74, 6) is -1.58. The summed E-state index contributed by atoms with van der Waals surface area (Å²) < 4.78 is 26.6. The van der Waals surface area contributed by atoms with Crippen LogP contribution >= 0.6 is 0 Å². The van der Waals surface area contributed by atoms with Crippen LogP contribution in [0, 0.1) is 17.6 Å². The van der Waals surface area contributed by atoms with Crippen LogP contribution in [0.2, 0.25) is 0 Å². The molecule has 0 aliphatic rings. The summed E-state index contributed by atoms with van der Waals surface area (Å²) in [5.41, 5.74) is 1.30. The molecule has 2 aromatic carbocycles. The van der Waals surface area contributed by atoms with Crippen molar-refractivity contribution < 1.29 is 18.4 Å². The minimum Gasteiger partial charge on any atom is -0.377 e. The van der Waals surface area contributed by atoms with Crippen molar-refractivity contribution in [1.82, 2.24) is 5.32 Å². The molecule has 3 amide bonds. The fourth-order valence-corrected chi connectivity index (χ4v) is 2.45. The van der Waals surface area contributed by atoms with E-state index in [1.54, 1.807) is 23.1 Å². The summed E-state index contributed by atoms with van der Waals surface area (Å²) in [6.07, 6.45) is 0. The van der Waals surface area contributed by atoms with Crippen molar-refractivity contribution >= 4 is 29.0 Å². The van der Waals surface area contributed by atoms with Crippen molar-refractivity contribution in [3.63, 3.8) is 0 Å². The van der Waals surface area contributed by atoms with Gasteiger partial charge in [0, 0.05) is 38.1 Å². The molecule has 0 fully saturated rings. The third-order valence-corrected chi connectivity index (χ3v) is 3.83. The Hall–Kier alpha value is -3.16. The van der Waals surface area contributed by atoms with Crippen molar-refractivity contribution in [2.75, 3.05) is 36.2 Å². The Morgan fingerprint density at radius 2 is 1.75 bits per heavy atom. The highest BCUT2D eigenvalue weighted by Crippen LogP contribution is 2.23. The van der Waals surface area contributed by atoms with Gasteiger partial charge in [-0.3, -0.25) is 4.79 Å². The van der Waals surface area contributed by atoms with Crippen LogP contribution in [-0.2, 0) is 0 Å². The zero-order valence-corrected chi connectivity index (χ0v) is 16.3. The van der Waals surface area contributed by atoms with E-state index in [0.717, 1.165) is 12.1 Å². The second-order valence-corrected chi connectivity index (χ2v) is 6.93. The number of rotatable bonds is 6. The quantitative estimate of drug-likeness (QED) is 0.696. The summed E-state index contributed by atoms with van der Waals surface area (Å²) in [5, 5.41) is 7.71. The molecular formula is C20H24F2N4O2. The Bertz CT molecular complexity index is 869. The maximum Gasteiger partial charge on any atom is 0.323 e. The van der Waals surface area contributed by atoms with Gasteiger partial charge in [-0.1, -0.05) is 13.8 Å². The first-order valence-electron chi connectivity index (χ1n) is 8.80. The number of hydrogen-bond donors (Lipinski definition) is 3. The molecule has 0 heterocycles. The van der Waals surface area contributed by atoms with Crippen LogP contribution in [0.3, 0.4) is 0 Å². The zero-order valence-electron chi connectivity index (χ0n) is 16.3. The number of nitrogens with zero attached hydrogens (tertiary/aromatic N) is 1. The molecule has 0 aliphatic heterocycles. The lowest BCUT2D eigenvalue weighted by molar-refractivity contribution is 0.0949. The second-order valence-electron chi connectivity index (χ2n) is 6.93. The van der Waals surface area contributed by atoms with Crippen molar-refractivity contribution in [1.29, 1.82) is 0 Å². The van der Waals surface area contributed by atoms with Gasteiger partial charge in [0.05, 0.1) is 11.3 Å².